The summed E-state index contributed by atoms with van der Waals surface area (Å²) in [5.74, 6) is -2.42. The maximum atomic E-state index is 12.1. The summed E-state index contributed by atoms with van der Waals surface area (Å²) in [6, 6.07) is -1.51. The average molecular weight is 498 g/mol. The Kier molecular flexibility index (Phi) is 18.0. The second kappa shape index (κ2) is 18.9. The van der Waals surface area contributed by atoms with E-state index in [1.165, 1.54) is 0 Å². The van der Waals surface area contributed by atoms with Gasteiger partial charge in [-0.15, -0.1) is 0 Å². The van der Waals surface area contributed by atoms with Crippen LogP contribution < -0.4 is 5.73 Å². The Labute approximate surface area is 195 Å². The van der Waals surface area contributed by atoms with Gasteiger partial charge in [0, 0.05) is 12.8 Å². The summed E-state index contributed by atoms with van der Waals surface area (Å²) in [5.41, 5.74) is 5.22. The van der Waals surface area contributed by atoms with Crippen LogP contribution in [0.4, 0.5) is 0 Å². The number of rotatable bonds is 21. The molecule has 33 heavy (non-hydrogen) atoms. The largest absolute Gasteiger partial charge is 0.480 e. The number of aliphatic carboxylic acids is 1. The van der Waals surface area contributed by atoms with Crippen molar-refractivity contribution in [2.75, 3.05) is 19.8 Å². The average Bonchev–Trinajstić information content (AvgIpc) is 2.76. The molecule has 3 unspecified atom stereocenters. The molecule has 12 heteroatoms. The molecule has 0 aromatic heterocycles. The van der Waals surface area contributed by atoms with E-state index in [1.807, 2.05) is 0 Å². The summed E-state index contributed by atoms with van der Waals surface area (Å²) in [7, 11) is -4.67. The highest BCUT2D eigenvalue weighted by molar-refractivity contribution is 7.47. The van der Waals surface area contributed by atoms with E-state index in [2.05, 4.69) is 18.4 Å². The van der Waals surface area contributed by atoms with Gasteiger partial charge in [0.25, 0.3) is 0 Å². The molecule has 0 radical (unpaired) electrons. The lowest BCUT2D eigenvalue weighted by Gasteiger charge is -2.20. The Hall–Kier alpha value is -1.52. The molecule has 0 fully saturated rings. The van der Waals surface area contributed by atoms with E-state index in [0.29, 0.717) is 12.8 Å². The molecule has 0 saturated carbocycles. The predicted octanol–water partition coefficient (Wildman–Crippen LogP) is 3.32. The fourth-order valence-corrected chi connectivity index (χ4v) is 3.43. The molecule has 0 aliphatic carbocycles. The van der Waals surface area contributed by atoms with E-state index >= 15 is 0 Å². The van der Waals surface area contributed by atoms with E-state index in [9.17, 15) is 23.8 Å². The third-order valence-corrected chi connectivity index (χ3v) is 5.56. The molecule has 0 spiro atoms. The summed E-state index contributed by atoms with van der Waals surface area (Å²) in [6.07, 6.45) is 7.55. The quantitative estimate of drug-likeness (QED) is 0.121. The monoisotopic (exact) mass is 497 g/mol. The van der Waals surface area contributed by atoms with Crippen LogP contribution in [0, 0.1) is 0 Å². The van der Waals surface area contributed by atoms with Gasteiger partial charge in [0.15, 0.2) is 6.10 Å². The summed E-state index contributed by atoms with van der Waals surface area (Å²) >= 11 is 0. The van der Waals surface area contributed by atoms with Gasteiger partial charge in [0.05, 0.1) is 13.2 Å². The highest BCUT2D eigenvalue weighted by atomic mass is 31.2. The summed E-state index contributed by atoms with van der Waals surface area (Å²) < 4.78 is 31.7. The highest BCUT2D eigenvalue weighted by Gasteiger charge is 2.28. The number of carboxylic acids is 1. The van der Waals surface area contributed by atoms with Crippen molar-refractivity contribution in [1.29, 1.82) is 0 Å². The topological polar surface area (TPSA) is 172 Å². The number of hydrogen-bond donors (Lipinski definition) is 3. The molecule has 3 atom stereocenters. The molecule has 0 bridgehead atoms. The summed E-state index contributed by atoms with van der Waals surface area (Å²) in [6.45, 7) is 2.46. The van der Waals surface area contributed by atoms with Crippen molar-refractivity contribution in [2.45, 2.75) is 96.6 Å². The van der Waals surface area contributed by atoms with Crippen molar-refractivity contribution in [3.8, 4) is 0 Å². The van der Waals surface area contributed by atoms with Crippen LogP contribution in [0.15, 0.2) is 0 Å². The first-order valence-electron chi connectivity index (χ1n) is 11.6. The highest BCUT2D eigenvalue weighted by Crippen LogP contribution is 2.43. The number of nitrogens with two attached hydrogens (primary N) is 1. The van der Waals surface area contributed by atoms with Gasteiger partial charge < -0.3 is 25.2 Å². The lowest BCUT2D eigenvalue weighted by atomic mass is 10.1. The van der Waals surface area contributed by atoms with Crippen molar-refractivity contribution < 1.29 is 47.5 Å². The third kappa shape index (κ3) is 18.6. The van der Waals surface area contributed by atoms with Gasteiger partial charge >= 0.3 is 25.7 Å². The molecule has 194 valence electrons. The second-order valence-corrected chi connectivity index (χ2v) is 9.23. The van der Waals surface area contributed by atoms with Crippen LogP contribution in [0.2, 0.25) is 0 Å². The van der Waals surface area contributed by atoms with E-state index < -0.39 is 51.1 Å². The van der Waals surface area contributed by atoms with Gasteiger partial charge in [-0.25, -0.2) is 4.57 Å². The summed E-state index contributed by atoms with van der Waals surface area (Å²) in [5, 5.41) is 8.70. The van der Waals surface area contributed by atoms with Crippen molar-refractivity contribution in [3.63, 3.8) is 0 Å². The van der Waals surface area contributed by atoms with E-state index in [4.69, 9.17) is 24.8 Å². The second-order valence-electron chi connectivity index (χ2n) is 7.77. The molecular weight excluding hydrogens is 457 g/mol. The lowest BCUT2D eigenvalue weighted by Crippen LogP contribution is -2.34. The van der Waals surface area contributed by atoms with Crippen LogP contribution in [-0.4, -0.2) is 59.9 Å². The number of carboxylic acid groups (broad SMARTS) is 1. The predicted molar refractivity (Wildman–Crippen MR) is 120 cm³/mol. The van der Waals surface area contributed by atoms with E-state index in [-0.39, 0.29) is 19.4 Å². The standard InChI is InChI=1S/C21H40NO10P/c1-3-5-7-9-11-13-20(24)32-17(14-29-19(23)12-10-8-6-4-2)15-30-33(27,28)31-16-18(22)21(25)26/h17-18H,3-16,22H2,1-2H3,(H,25,26)(H,27,28). The molecule has 0 saturated heterocycles. The lowest BCUT2D eigenvalue weighted by molar-refractivity contribution is -0.161. The molecule has 0 aliphatic heterocycles. The fraction of sp³-hybridized carbons (Fsp3) is 0.857. The Balaban J connectivity index is 4.68. The summed E-state index contributed by atoms with van der Waals surface area (Å²) in [4.78, 5) is 44.4. The van der Waals surface area contributed by atoms with Crippen molar-refractivity contribution in [1.82, 2.24) is 0 Å². The number of ether oxygens (including phenoxy) is 2. The third-order valence-electron chi connectivity index (χ3n) is 4.61. The minimum Gasteiger partial charge on any atom is -0.480 e. The number of esters is 2. The maximum absolute atomic E-state index is 12.1. The van der Waals surface area contributed by atoms with Crippen molar-refractivity contribution >= 4 is 25.7 Å². The van der Waals surface area contributed by atoms with E-state index in [0.717, 1.165) is 44.9 Å². The molecule has 0 aromatic carbocycles. The van der Waals surface area contributed by atoms with Crippen LogP contribution in [0.1, 0.15) is 84.5 Å². The van der Waals surface area contributed by atoms with Gasteiger partial charge in [0.1, 0.15) is 12.6 Å². The van der Waals surface area contributed by atoms with Crippen LogP contribution in [0.25, 0.3) is 0 Å². The number of hydrogen-bond acceptors (Lipinski definition) is 9. The molecule has 0 aliphatic rings. The van der Waals surface area contributed by atoms with E-state index in [1.54, 1.807) is 0 Å². The van der Waals surface area contributed by atoms with Gasteiger partial charge in [-0.1, -0.05) is 58.8 Å². The molecule has 4 N–H and O–H groups in total. The Morgan fingerprint density at radius 2 is 1.33 bits per heavy atom. The minimum atomic E-state index is -4.67. The van der Waals surface area contributed by atoms with Crippen LogP contribution >= 0.6 is 7.82 Å². The first-order chi connectivity index (χ1) is 15.6. The zero-order chi connectivity index (χ0) is 25.1. The molecule has 0 rings (SSSR count). The molecule has 11 nitrogen and oxygen atoms in total. The number of phosphoric ester groups is 1. The number of carbonyl (C=O) groups is 3. The van der Waals surface area contributed by atoms with Gasteiger partial charge in [0.2, 0.25) is 0 Å². The maximum Gasteiger partial charge on any atom is 0.472 e. The SMILES string of the molecule is CCCCCCCC(=O)OC(COC(=O)CCCCCC)COP(=O)(O)OCC(N)C(=O)O. The van der Waals surface area contributed by atoms with Gasteiger partial charge in [-0.3, -0.25) is 23.4 Å². The number of unbranched alkanes of at least 4 members (excludes halogenated alkanes) is 7. The Morgan fingerprint density at radius 1 is 0.818 bits per heavy atom. The van der Waals surface area contributed by atoms with Crippen LogP contribution in [-0.2, 0) is 37.5 Å². The normalized spacial score (nSPS) is 14.8. The Morgan fingerprint density at radius 3 is 1.91 bits per heavy atom. The van der Waals surface area contributed by atoms with Gasteiger partial charge in [-0.2, -0.15) is 0 Å². The molecule has 0 heterocycles. The van der Waals surface area contributed by atoms with Crippen LogP contribution in [0.3, 0.4) is 0 Å². The van der Waals surface area contributed by atoms with Crippen molar-refractivity contribution in [3.05, 3.63) is 0 Å². The first kappa shape index (κ1) is 31.5. The first-order valence-corrected chi connectivity index (χ1v) is 13.1. The van der Waals surface area contributed by atoms with Crippen molar-refractivity contribution in [2.24, 2.45) is 5.73 Å². The zero-order valence-corrected chi connectivity index (χ0v) is 20.6. The van der Waals surface area contributed by atoms with Crippen LogP contribution in [0.5, 0.6) is 0 Å². The number of phosphoric acid groups is 1. The molecule has 0 amide bonds. The zero-order valence-electron chi connectivity index (χ0n) is 19.7. The Bertz CT molecular complexity index is 616. The van der Waals surface area contributed by atoms with Gasteiger partial charge in [-0.05, 0) is 12.8 Å². The fourth-order valence-electron chi connectivity index (χ4n) is 2.65. The number of carbonyl (C=O) groups excluding carboxylic acids is 2. The smallest absolute Gasteiger partial charge is 0.472 e. The molecular formula is C21H40NO10P. The molecule has 0 aromatic rings. The minimum absolute atomic E-state index is 0.159.